The predicted octanol–water partition coefficient (Wildman–Crippen LogP) is 2.95. The van der Waals surface area contributed by atoms with Gasteiger partial charge >= 0.3 is 6.18 Å². The average Bonchev–Trinajstić information content (AvgIpc) is 2.74. The van der Waals surface area contributed by atoms with Crippen LogP contribution in [0, 0.1) is 0 Å². The van der Waals surface area contributed by atoms with E-state index in [1.807, 2.05) is 0 Å². The van der Waals surface area contributed by atoms with Gasteiger partial charge in [0.2, 0.25) is 0 Å². The molecule has 0 aliphatic heterocycles. The Bertz CT molecular complexity index is 564. The van der Waals surface area contributed by atoms with Crippen LogP contribution in [0.3, 0.4) is 0 Å². The van der Waals surface area contributed by atoms with Crippen LogP contribution < -0.4 is 10.5 Å². The minimum atomic E-state index is -4.51. The molecular formula is C11H9F3N2O2. The van der Waals surface area contributed by atoms with Gasteiger partial charge in [0.05, 0.1) is 12.7 Å². The van der Waals surface area contributed by atoms with E-state index in [4.69, 9.17) is 10.3 Å². The van der Waals surface area contributed by atoms with Gasteiger partial charge in [-0.3, -0.25) is 0 Å². The van der Waals surface area contributed by atoms with Gasteiger partial charge in [-0.25, -0.2) is 0 Å². The monoisotopic (exact) mass is 258 g/mol. The number of nitrogens with two attached hydrogens (primary N) is 1. The van der Waals surface area contributed by atoms with Gasteiger partial charge in [0, 0.05) is 11.6 Å². The molecule has 0 fully saturated rings. The Labute approximate surface area is 100 Å². The fourth-order valence-corrected chi connectivity index (χ4v) is 1.51. The zero-order valence-electron chi connectivity index (χ0n) is 9.28. The lowest BCUT2D eigenvalue weighted by atomic mass is 10.1. The first-order valence-electron chi connectivity index (χ1n) is 4.89. The lowest BCUT2D eigenvalue weighted by molar-refractivity contribution is -0.138. The number of halogens is 3. The van der Waals surface area contributed by atoms with Crippen molar-refractivity contribution in [3.8, 4) is 17.1 Å². The number of benzene rings is 1. The zero-order chi connectivity index (χ0) is 13.3. The number of rotatable bonds is 2. The maximum Gasteiger partial charge on any atom is 0.419 e. The average molecular weight is 258 g/mol. The molecule has 1 aromatic carbocycles. The van der Waals surface area contributed by atoms with Crippen LogP contribution in [-0.2, 0) is 6.18 Å². The summed E-state index contributed by atoms with van der Waals surface area (Å²) >= 11 is 0. The van der Waals surface area contributed by atoms with E-state index in [-0.39, 0.29) is 22.9 Å². The molecule has 7 heteroatoms. The molecule has 2 aromatic rings. The number of hydrogen-bond acceptors (Lipinski definition) is 4. The van der Waals surface area contributed by atoms with Gasteiger partial charge in [0.1, 0.15) is 5.75 Å². The number of hydrogen-bond donors (Lipinski definition) is 1. The fraction of sp³-hybridized carbons (Fsp3) is 0.182. The molecule has 0 aliphatic rings. The third-order valence-corrected chi connectivity index (χ3v) is 2.32. The number of nitrogen functional groups attached to an aromatic ring is 1. The van der Waals surface area contributed by atoms with E-state index in [0.717, 1.165) is 6.07 Å². The van der Waals surface area contributed by atoms with E-state index in [1.165, 1.54) is 25.3 Å². The normalized spacial score (nSPS) is 11.6. The quantitative estimate of drug-likeness (QED) is 0.899. The molecule has 0 atom stereocenters. The van der Waals surface area contributed by atoms with Gasteiger partial charge in [-0.15, -0.1) is 0 Å². The highest BCUT2D eigenvalue weighted by atomic mass is 19.4. The van der Waals surface area contributed by atoms with E-state index in [0.29, 0.717) is 0 Å². The Morgan fingerprint density at radius 1 is 1.28 bits per heavy atom. The SMILES string of the molecule is COc1ccc(-c2cc(N)no2)cc1C(F)(F)F. The third kappa shape index (κ3) is 2.24. The summed E-state index contributed by atoms with van der Waals surface area (Å²) in [4.78, 5) is 0. The second kappa shape index (κ2) is 4.25. The molecule has 0 aliphatic carbocycles. The van der Waals surface area contributed by atoms with E-state index >= 15 is 0 Å². The molecule has 2 N–H and O–H groups in total. The van der Waals surface area contributed by atoms with Gasteiger partial charge < -0.3 is 15.0 Å². The number of methoxy groups -OCH3 is 1. The van der Waals surface area contributed by atoms with Crippen molar-refractivity contribution in [1.82, 2.24) is 5.16 Å². The van der Waals surface area contributed by atoms with E-state index in [2.05, 4.69) is 9.89 Å². The molecule has 0 amide bonds. The van der Waals surface area contributed by atoms with Crippen LogP contribution in [0.15, 0.2) is 28.8 Å². The summed E-state index contributed by atoms with van der Waals surface area (Å²) in [6.45, 7) is 0. The summed E-state index contributed by atoms with van der Waals surface area (Å²) in [6, 6.07) is 4.94. The molecule has 0 saturated carbocycles. The number of nitrogens with zero attached hydrogens (tertiary/aromatic N) is 1. The molecule has 4 nitrogen and oxygen atoms in total. The van der Waals surface area contributed by atoms with Crippen molar-refractivity contribution in [3.63, 3.8) is 0 Å². The molecule has 0 bridgehead atoms. The first-order chi connectivity index (χ1) is 8.41. The molecule has 2 rings (SSSR count). The highest BCUT2D eigenvalue weighted by Crippen LogP contribution is 2.38. The van der Waals surface area contributed by atoms with Crippen LogP contribution in [0.5, 0.6) is 5.75 Å². The van der Waals surface area contributed by atoms with Crippen molar-refractivity contribution < 1.29 is 22.4 Å². The van der Waals surface area contributed by atoms with E-state index in [9.17, 15) is 13.2 Å². The molecule has 0 radical (unpaired) electrons. The summed E-state index contributed by atoms with van der Waals surface area (Å²) in [5, 5.41) is 3.42. The standard InChI is InChI=1S/C11H9F3N2O2/c1-17-8-3-2-6(4-7(8)11(12,13)14)9-5-10(15)16-18-9/h2-5H,1H3,(H2,15,16). The van der Waals surface area contributed by atoms with Gasteiger partial charge in [-0.05, 0) is 18.2 Å². The molecular weight excluding hydrogens is 249 g/mol. The van der Waals surface area contributed by atoms with Crippen molar-refractivity contribution >= 4 is 5.82 Å². The van der Waals surface area contributed by atoms with Crippen LogP contribution in [0.4, 0.5) is 19.0 Å². The zero-order valence-corrected chi connectivity index (χ0v) is 9.28. The lowest BCUT2D eigenvalue weighted by Crippen LogP contribution is -2.07. The fourth-order valence-electron chi connectivity index (χ4n) is 1.51. The molecule has 96 valence electrons. The summed E-state index contributed by atoms with van der Waals surface area (Å²) in [6.07, 6.45) is -4.51. The minimum absolute atomic E-state index is 0.106. The van der Waals surface area contributed by atoms with Crippen LogP contribution >= 0.6 is 0 Å². The van der Waals surface area contributed by atoms with Gasteiger partial charge in [0.25, 0.3) is 0 Å². The molecule has 0 saturated heterocycles. The van der Waals surface area contributed by atoms with Crippen molar-refractivity contribution in [2.24, 2.45) is 0 Å². The molecule has 0 unspecified atom stereocenters. The summed E-state index contributed by atoms with van der Waals surface area (Å²) in [5.74, 6) is 0.0220. The minimum Gasteiger partial charge on any atom is -0.496 e. The molecule has 18 heavy (non-hydrogen) atoms. The lowest BCUT2D eigenvalue weighted by Gasteiger charge is -2.12. The van der Waals surface area contributed by atoms with E-state index in [1.54, 1.807) is 0 Å². The van der Waals surface area contributed by atoms with Crippen LogP contribution in [-0.4, -0.2) is 12.3 Å². The maximum absolute atomic E-state index is 12.8. The van der Waals surface area contributed by atoms with Crippen molar-refractivity contribution in [1.29, 1.82) is 0 Å². The maximum atomic E-state index is 12.8. The number of aromatic nitrogens is 1. The van der Waals surface area contributed by atoms with Crippen LogP contribution in [0.1, 0.15) is 5.56 Å². The smallest absolute Gasteiger partial charge is 0.419 e. The Hall–Kier alpha value is -2.18. The van der Waals surface area contributed by atoms with Gasteiger partial charge in [-0.1, -0.05) is 5.16 Å². The number of ether oxygens (including phenoxy) is 1. The topological polar surface area (TPSA) is 61.3 Å². The number of anilines is 1. The highest BCUT2D eigenvalue weighted by Gasteiger charge is 2.34. The summed E-state index contributed by atoms with van der Waals surface area (Å²) < 4.78 is 47.8. The second-order valence-corrected chi connectivity index (χ2v) is 3.53. The van der Waals surface area contributed by atoms with Crippen molar-refractivity contribution in [3.05, 3.63) is 29.8 Å². The summed E-state index contributed by atoms with van der Waals surface area (Å²) in [5.41, 5.74) is 4.70. The third-order valence-electron chi connectivity index (χ3n) is 2.32. The van der Waals surface area contributed by atoms with Crippen LogP contribution in [0.2, 0.25) is 0 Å². The second-order valence-electron chi connectivity index (χ2n) is 3.53. The van der Waals surface area contributed by atoms with Crippen LogP contribution in [0.25, 0.3) is 11.3 Å². The first kappa shape index (κ1) is 12.3. The predicted molar refractivity (Wildman–Crippen MR) is 57.9 cm³/mol. The Morgan fingerprint density at radius 2 is 2.00 bits per heavy atom. The molecule has 1 aromatic heterocycles. The Kier molecular flexibility index (Phi) is 2.90. The van der Waals surface area contributed by atoms with Gasteiger partial charge in [-0.2, -0.15) is 13.2 Å². The van der Waals surface area contributed by atoms with Crippen molar-refractivity contribution in [2.75, 3.05) is 12.8 Å². The molecule has 1 heterocycles. The number of alkyl halides is 3. The largest absolute Gasteiger partial charge is 0.496 e. The Morgan fingerprint density at radius 3 is 2.50 bits per heavy atom. The molecule has 0 spiro atoms. The Balaban J connectivity index is 2.52. The first-order valence-corrected chi connectivity index (χ1v) is 4.89. The highest BCUT2D eigenvalue weighted by molar-refractivity contribution is 5.63. The summed E-state index contributed by atoms with van der Waals surface area (Å²) in [7, 11) is 1.18. The van der Waals surface area contributed by atoms with Gasteiger partial charge in [0.15, 0.2) is 11.6 Å². The van der Waals surface area contributed by atoms with Crippen molar-refractivity contribution in [2.45, 2.75) is 6.18 Å². The van der Waals surface area contributed by atoms with E-state index < -0.39 is 11.7 Å².